The van der Waals surface area contributed by atoms with Crippen molar-refractivity contribution in [1.82, 2.24) is 9.55 Å². The van der Waals surface area contributed by atoms with Crippen molar-refractivity contribution < 1.29 is 4.74 Å². The lowest BCUT2D eigenvalue weighted by Gasteiger charge is -2.08. The molecule has 0 spiro atoms. The molecule has 1 heterocycles. The fraction of sp³-hybridized carbons (Fsp3) is 0.562. The molecule has 1 saturated carbocycles. The Morgan fingerprint density at radius 3 is 2.45 bits per heavy atom. The number of ether oxygens (including phenoxy) is 1. The van der Waals surface area contributed by atoms with E-state index in [9.17, 15) is 0 Å². The number of methoxy groups -OCH3 is 1. The van der Waals surface area contributed by atoms with E-state index < -0.39 is 0 Å². The number of aromatic nitrogens is 2. The first-order valence-electron chi connectivity index (χ1n) is 7.09. The van der Waals surface area contributed by atoms with Crippen LogP contribution >= 0.6 is 0 Å². The minimum Gasteiger partial charge on any atom is -0.497 e. The van der Waals surface area contributed by atoms with Crippen LogP contribution in [0.15, 0.2) is 18.2 Å². The Labute approximate surface area is 119 Å². The number of imidazole rings is 1. The molecule has 108 valence electrons. The van der Waals surface area contributed by atoms with Crippen molar-refractivity contribution in [3.63, 3.8) is 0 Å². The van der Waals surface area contributed by atoms with Gasteiger partial charge >= 0.3 is 0 Å². The fourth-order valence-electron chi connectivity index (χ4n) is 3.42. The average Bonchev–Trinajstić information content (AvgIpc) is 2.67. The van der Waals surface area contributed by atoms with E-state index >= 15 is 0 Å². The van der Waals surface area contributed by atoms with Gasteiger partial charge in [-0.05, 0) is 28.9 Å². The SMILES string of the molecule is COc1ccc2c(c1)nc(N)n2CC1C(C)(C)C1(C)C. The van der Waals surface area contributed by atoms with Gasteiger partial charge in [-0.15, -0.1) is 0 Å². The minimum atomic E-state index is 0.350. The van der Waals surface area contributed by atoms with E-state index in [-0.39, 0.29) is 0 Å². The summed E-state index contributed by atoms with van der Waals surface area (Å²) in [7, 11) is 1.66. The summed E-state index contributed by atoms with van der Waals surface area (Å²) in [6, 6.07) is 5.94. The highest BCUT2D eigenvalue weighted by Crippen LogP contribution is 2.69. The molecule has 0 atom stereocenters. The van der Waals surface area contributed by atoms with Crippen molar-refractivity contribution in [2.45, 2.75) is 34.2 Å². The first-order valence-corrected chi connectivity index (χ1v) is 7.09. The number of rotatable bonds is 3. The van der Waals surface area contributed by atoms with Crippen molar-refractivity contribution in [2.24, 2.45) is 16.7 Å². The van der Waals surface area contributed by atoms with Crippen LogP contribution in [0.1, 0.15) is 27.7 Å². The second-order valence-corrected chi connectivity index (χ2v) is 6.93. The van der Waals surface area contributed by atoms with E-state index in [4.69, 9.17) is 10.5 Å². The number of nitrogen functional groups attached to an aromatic ring is 1. The molecule has 4 nitrogen and oxygen atoms in total. The van der Waals surface area contributed by atoms with Crippen LogP contribution in [0.3, 0.4) is 0 Å². The van der Waals surface area contributed by atoms with Gasteiger partial charge < -0.3 is 15.0 Å². The van der Waals surface area contributed by atoms with E-state index in [2.05, 4.69) is 37.2 Å². The number of benzene rings is 1. The van der Waals surface area contributed by atoms with Crippen LogP contribution in [0.2, 0.25) is 0 Å². The van der Waals surface area contributed by atoms with E-state index in [1.54, 1.807) is 7.11 Å². The smallest absolute Gasteiger partial charge is 0.201 e. The summed E-state index contributed by atoms with van der Waals surface area (Å²) < 4.78 is 7.38. The Kier molecular flexibility index (Phi) is 2.59. The Morgan fingerprint density at radius 2 is 1.90 bits per heavy atom. The van der Waals surface area contributed by atoms with Crippen LogP contribution in [0.5, 0.6) is 5.75 Å². The molecule has 1 aromatic carbocycles. The van der Waals surface area contributed by atoms with Gasteiger partial charge in [0, 0.05) is 12.6 Å². The second-order valence-electron chi connectivity index (χ2n) is 6.93. The maximum atomic E-state index is 6.11. The number of anilines is 1. The van der Waals surface area contributed by atoms with Gasteiger partial charge in [-0.25, -0.2) is 4.98 Å². The minimum absolute atomic E-state index is 0.350. The van der Waals surface area contributed by atoms with Gasteiger partial charge in [0.1, 0.15) is 5.75 Å². The van der Waals surface area contributed by atoms with Crippen molar-refractivity contribution >= 4 is 17.0 Å². The van der Waals surface area contributed by atoms with Crippen LogP contribution < -0.4 is 10.5 Å². The van der Waals surface area contributed by atoms with Gasteiger partial charge in [-0.2, -0.15) is 0 Å². The molecule has 0 aliphatic heterocycles. The third-order valence-corrected chi connectivity index (χ3v) is 5.67. The first-order chi connectivity index (χ1) is 9.29. The molecule has 3 rings (SSSR count). The van der Waals surface area contributed by atoms with Crippen molar-refractivity contribution in [2.75, 3.05) is 12.8 Å². The molecule has 20 heavy (non-hydrogen) atoms. The van der Waals surface area contributed by atoms with Crippen molar-refractivity contribution in [3.05, 3.63) is 18.2 Å². The summed E-state index contributed by atoms with van der Waals surface area (Å²) in [5.41, 5.74) is 8.79. The number of hydrogen-bond donors (Lipinski definition) is 1. The predicted molar refractivity (Wildman–Crippen MR) is 81.7 cm³/mol. The molecule has 1 aliphatic rings. The standard InChI is InChI=1S/C16H23N3O/c1-15(2)13(16(15,3)4)9-19-12-7-6-10(20-5)8-11(12)18-14(19)17/h6-8,13H,9H2,1-5H3,(H2,17,18). The molecule has 1 aromatic heterocycles. The molecule has 0 unspecified atom stereocenters. The van der Waals surface area contributed by atoms with E-state index in [1.807, 2.05) is 18.2 Å². The van der Waals surface area contributed by atoms with Gasteiger partial charge in [-0.3, -0.25) is 0 Å². The van der Waals surface area contributed by atoms with Gasteiger partial charge in [0.25, 0.3) is 0 Å². The van der Waals surface area contributed by atoms with Gasteiger partial charge in [0.15, 0.2) is 0 Å². The molecule has 0 radical (unpaired) electrons. The highest BCUT2D eigenvalue weighted by molar-refractivity contribution is 5.79. The lowest BCUT2D eigenvalue weighted by molar-refractivity contribution is 0.415. The number of nitrogens with two attached hydrogens (primary N) is 1. The fourth-order valence-corrected chi connectivity index (χ4v) is 3.42. The molecular weight excluding hydrogens is 250 g/mol. The zero-order valence-electron chi connectivity index (χ0n) is 12.9. The number of fused-ring (bicyclic) bond motifs is 1. The van der Waals surface area contributed by atoms with Crippen molar-refractivity contribution in [1.29, 1.82) is 0 Å². The normalized spacial score (nSPS) is 20.2. The van der Waals surface area contributed by atoms with Gasteiger partial charge in [0.2, 0.25) is 5.95 Å². The number of nitrogens with zero attached hydrogens (tertiary/aromatic N) is 2. The predicted octanol–water partition coefficient (Wildman–Crippen LogP) is 3.31. The summed E-state index contributed by atoms with van der Waals surface area (Å²) in [4.78, 5) is 4.46. The molecule has 2 aromatic rings. The third-order valence-electron chi connectivity index (χ3n) is 5.67. The second kappa shape index (κ2) is 3.90. The van der Waals surface area contributed by atoms with Crippen molar-refractivity contribution in [3.8, 4) is 5.75 Å². The monoisotopic (exact) mass is 273 g/mol. The van der Waals surface area contributed by atoms with Gasteiger partial charge in [0.05, 0.1) is 18.1 Å². The summed E-state index contributed by atoms with van der Waals surface area (Å²) in [6.07, 6.45) is 0. The Bertz CT molecular complexity index is 656. The zero-order valence-corrected chi connectivity index (χ0v) is 12.9. The molecular formula is C16H23N3O. The lowest BCUT2D eigenvalue weighted by Crippen LogP contribution is -2.08. The van der Waals surface area contributed by atoms with E-state index in [0.717, 1.165) is 23.3 Å². The summed E-state index contributed by atoms with van der Waals surface area (Å²) in [5.74, 6) is 2.03. The Balaban J connectivity index is 1.99. The van der Waals surface area contributed by atoms with E-state index in [1.165, 1.54) is 0 Å². The van der Waals surface area contributed by atoms with Crippen LogP contribution in [0.25, 0.3) is 11.0 Å². The number of hydrogen-bond acceptors (Lipinski definition) is 3. The van der Waals surface area contributed by atoms with E-state index in [0.29, 0.717) is 22.7 Å². The largest absolute Gasteiger partial charge is 0.497 e. The highest BCUT2D eigenvalue weighted by atomic mass is 16.5. The summed E-state index contributed by atoms with van der Waals surface area (Å²) >= 11 is 0. The maximum Gasteiger partial charge on any atom is 0.201 e. The Morgan fingerprint density at radius 1 is 1.25 bits per heavy atom. The van der Waals surface area contributed by atoms with Crippen LogP contribution in [0.4, 0.5) is 5.95 Å². The van der Waals surface area contributed by atoms with Gasteiger partial charge in [-0.1, -0.05) is 27.7 Å². The molecule has 2 N–H and O–H groups in total. The summed E-state index contributed by atoms with van der Waals surface area (Å²) in [5, 5.41) is 0. The third kappa shape index (κ3) is 1.63. The average molecular weight is 273 g/mol. The van der Waals surface area contributed by atoms with Crippen LogP contribution in [-0.2, 0) is 6.54 Å². The lowest BCUT2D eigenvalue weighted by atomic mass is 10.0. The van der Waals surface area contributed by atoms with Crippen LogP contribution in [-0.4, -0.2) is 16.7 Å². The molecule has 1 aliphatic carbocycles. The quantitative estimate of drug-likeness (QED) is 0.933. The molecule has 0 saturated heterocycles. The highest BCUT2D eigenvalue weighted by Gasteiger charge is 2.64. The topological polar surface area (TPSA) is 53.1 Å². The molecule has 4 heteroatoms. The molecule has 1 fully saturated rings. The van der Waals surface area contributed by atoms with Crippen LogP contribution in [0, 0.1) is 16.7 Å². The maximum absolute atomic E-state index is 6.11. The molecule has 0 amide bonds. The first kappa shape index (κ1) is 13.3. The Hall–Kier alpha value is -1.71. The molecule has 0 bridgehead atoms. The zero-order chi connectivity index (χ0) is 14.7. The summed E-state index contributed by atoms with van der Waals surface area (Å²) in [6.45, 7) is 10.2.